The zero-order valence-corrected chi connectivity index (χ0v) is 12.4. The second-order valence-corrected chi connectivity index (χ2v) is 5.26. The Hall–Kier alpha value is -1.88. The van der Waals surface area contributed by atoms with Crippen LogP contribution in [0.1, 0.15) is 24.2 Å². The van der Waals surface area contributed by atoms with Crippen LogP contribution in [-0.2, 0) is 0 Å². The molecule has 1 heterocycles. The maximum absolute atomic E-state index is 12.6. The quantitative estimate of drug-likeness (QED) is 0.860. The summed E-state index contributed by atoms with van der Waals surface area (Å²) >= 11 is 4.97. The lowest BCUT2D eigenvalue weighted by Crippen LogP contribution is -2.38. The highest BCUT2D eigenvalue weighted by Gasteiger charge is 2.21. The average Bonchev–Trinajstić information content (AvgIpc) is 2.87. The minimum atomic E-state index is -0.0550. The molecule has 0 aliphatic rings. The second kappa shape index (κ2) is 6.05. The summed E-state index contributed by atoms with van der Waals surface area (Å²) in [6.07, 6.45) is 1.51. The first-order chi connectivity index (χ1) is 9.54. The van der Waals surface area contributed by atoms with Gasteiger partial charge < -0.3 is 15.1 Å². The molecule has 0 spiro atoms. The number of thiocarbonyl (C=S) groups is 1. The van der Waals surface area contributed by atoms with Gasteiger partial charge >= 0.3 is 0 Å². The Kier molecular flexibility index (Phi) is 4.39. The average molecular weight is 290 g/mol. The third-order valence-corrected chi connectivity index (χ3v) is 3.76. The van der Waals surface area contributed by atoms with Crippen molar-refractivity contribution in [1.82, 2.24) is 4.90 Å². The normalized spacial score (nSPS) is 12.3. The molecule has 0 radical (unpaired) electrons. The van der Waals surface area contributed by atoms with Crippen molar-refractivity contribution in [3.63, 3.8) is 0 Å². The Morgan fingerprint density at radius 3 is 2.80 bits per heavy atom. The summed E-state index contributed by atoms with van der Waals surface area (Å²) in [5.74, 6) is -0.0624. The van der Waals surface area contributed by atoms with E-state index in [-0.39, 0.29) is 11.8 Å². The predicted octanol–water partition coefficient (Wildman–Crippen LogP) is 2.82. The van der Waals surface area contributed by atoms with Crippen LogP contribution in [0.5, 0.6) is 0 Å². The molecule has 1 aromatic heterocycles. The van der Waals surface area contributed by atoms with E-state index >= 15 is 0 Å². The van der Waals surface area contributed by atoms with Gasteiger partial charge in [-0.1, -0.05) is 37.3 Å². The summed E-state index contributed by atoms with van der Waals surface area (Å²) in [7, 11) is 0. The number of para-hydroxylation sites is 1. The molecule has 0 aliphatic carbocycles. The van der Waals surface area contributed by atoms with Gasteiger partial charge in [0.25, 0.3) is 5.91 Å². The van der Waals surface area contributed by atoms with E-state index in [1.165, 1.54) is 6.26 Å². The third kappa shape index (κ3) is 2.82. The molecule has 0 fully saturated rings. The Labute approximate surface area is 123 Å². The number of hydrogen-bond donors (Lipinski definition) is 1. The fourth-order valence-electron chi connectivity index (χ4n) is 2.09. The highest BCUT2D eigenvalue weighted by molar-refractivity contribution is 7.80. The Bertz CT molecular complexity index is 636. The fourth-order valence-corrected chi connectivity index (χ4v) is 2.16. The van der Waals surface area contributed by atoms with Crippen molar-refractivity contribution in [2.24, 2.45) is 11.7 Å². The number of fused-ring (bicyclic) bond motifs is 1. The molecule has 0 bridgehead atoms. The van der Waals surface area contributed by atoms with Gasteiger partial charge in [-0.2, -0.15) is 0 Å². The first kappa shape index (κ1) is 14.5. The van der Waals surface area contributed by atoms with Gasteiger partial charge in [0.05, 0.1) is 10.6 Å². The van der Waals surface area contributed by atoms with Crippen LogP contribution in [0.3, 0.4) is 0 Å². The summed E-state index contributed by atoms with van der Waals surface area (Å²) in [6, 6.07) is 7.51. The van der Waals surface area contributed by atoms with Crippen LogP contribution in [0.4, 0.5) is 0 Å². The fraction of sp³-hybridized carbons (Fsp3) is 0.333. The van der Waals surface area contributed by atoms with E-state index in [9.17, 15) is 4.79 Å². The minimum Gasteiger partial charge on any atom is -0.463 e. The van der Waals surface area contributed by atoms with Gasteiger partial charge in [0.2, 0.25) is 0 Å². The van der Waals surface area contributed by atoms with Crippen LogP contribution in [0, 0.1) is 5.92 Å². The molecule has 4 nitrogen and oxygen atoms in total. The Morgan fingerprint density at radius 2 is 2.15 bits per heavy atom. The summed E-state index contributed by atoms with van der Waals surface area (Å²) in [6.45, 7) is 4.98. The van der Waals surface area contributed by atoms with Gasteiger partial charge in [0.1, 0.15) is 11.8 Å². The Morgan fingerprint density at radius 1 is 1.45 bits per heavy atom. The van der Waals surface area contributed by atoms with E-state index in [0.717, 1.165) is 5.39 Å². The summed E-state index contributed by atoms with van der Waals surface area (Å²) in [4.78, 5) is 14.8. The van der Waals surface area contributed by atoms with Gasteiger partial charge in [-0.25, -0.2) is 0 Å². The standard InChI is InChI=1S/C15H18N2O2S/c1-3-17(8-10(2)14(16)20)15(18)12-9-19-13-7-5-4-6-11(12)13/h4-7,9-10H,3,8H2,1-2H3,(H2,16,20). The molecule has 0 saturated heterocycles. The molecule has 1 amide bonds. The van der Waals surface area contributed by atoms with Crippen molar-refractivity contribution in [1.29, 1.82) is 0 Å². The van der Waals surface area contributed by atoms with Gasteiger partial charge in [0.15, 0.2) is 0 Å². The highest BCUT2D eigenvalue weighted by atomic mass is 32.1. The van der Waals surface area contributed by atoms with E-state index < -0.39 is 0 Å². The Balaban J connectivity index is 2.26. The molecule has 20 heavy (non-hydrogen) atoms. The van der Waals surface area contributed by atoms with Gasteiger partial charge in [0, 0.05) is 24.4 Å². The summed E-state index contributed by atoms with van der Waals surface area (Å²) < 4.78 is 5.42. The maximum Gasteiger partial charge on any atom is 0.257 e. The molecule has 1 unspecified atom stereocenters. The number of carbonyl (C=O) groups excluding carboxylic acids is 1. The van der Waals surface area contributed by atoms with Crippen LogP contribution in [-0.4, -0.2) is 28.9 Å². The molecule has 1 aromatic carbocycles. The van der Waals surface area contributed by atoms with Crippen LogP contribution in [0.2, 0.25) is 0 Å². The monoisotopic (exact) mass is 290 g/mol. The smallest absolute Gasteiger partial charge is 0.257 e. The van der Waals surface area contributed by atoms with Crippen molar-refractivity contribution in [3.8, 4) is 0 Å². The number of carbonyl (C=O) groups is 1. The zero-order valence-electron chi connectivity index (χ0n) is 11.6. The molecule has 1 atom stereocenters. The number of rotatable bonds is 5. The van der Waals surface area contributed by atoms with Gasteiger partial charge in [-0.05, 0) is 13.0 Å². The first-order valence-electron chi connectivity index (χ1n) is 6.59. The van der Waals surface area contributed by atoms with E-state index in [2.05, 4.69) is 0 Å². The van der Waals surface area contributed by atoms with E-state index in [1.807, 2.05) is 38.1 Å². The molecule has 106 valence electrons. The SMILES string of the molecule is CCN(CC(C)C(N)=S)C(=O)c1coc2ccccc12. The topological polar surface area (TPSA) is 59.5 Å². The van der Waals surface area contributed by atoms with Crippen molar-refractivity contribution >= 4 is 34.1 Å². The number of amides is 1. The largest absolute Gasteiger partial charge is 0.463 e. The molecule has 5 heteroatoms. The van der Waals surface area contributed by atoms with Crippen LogP contribution in [0.25, 0.3) is 11.0 Å². The lowest BCUT2D eigenvalue weighted by atomic mass is 10.1. The summed E-state index contributed by atoms with van der Waals surface area (Å²) in [5, 5.41) is 0.832. The maximum atomic E-state index is 12.6. The van der Waals surface area contributed by atoms with Gasteiger partial charge in [-0.3, -0.25) is 4.79 Å². The minimum absolute atomic E-state index is 0.00735. The lowest BCUT2D eigenvalue weighted by Gasteiger charge is -2.23. The third-order valence-electron chi connectivity index (χ3n) is 3.36. The molecule has 2 N–H and O–H groups in total. The van der Waals surface area contributed by atoms with Crippen molar-refractivity contribution in [2.75, 3.05) is 13.1 Å². The second-order valence-electron chi connectivity index (χ2n) is 4.79. The predicted molar refractivity (Wildman–Crippen MR) is 83.7 cm³/mol. The number of nitrogens with two attached hydrogens (primary N) is 1. The lowest BCUT2D eigenvalue weighted by molar-refractivity contribution is 0.0756. The molecule has 2 aromatic rings. The van der Waals surface area contributed by atoms with Crippen LogP contribution in [0.15, 0.2) is 34.9 Å². The van der Waals surface area contributed by atoms with E-state index in [0.29, 0.717) is 29.2 Å². The number of hydrogen-bond acceptors (Lipinski definition) is 3. The first-order valence-corrected chi connectivity index (χ1v) is 7.00. The van der Waals surface area contributed by atoms with E-state index in [1.54, 1.807) is 4.90 Å². The highest BCUT2D eigenvalue weighted by Crippen LogP contribution is 2.22. The molecule has 2 rings (SSSR count). The number of furan rings is 1. The molecular formula is C15H18N2O2S. The van der Waals surface area contributed by atoms with Crippen LogP contribution < -0.4 is 5.73 Å². The van der Waals surface area contributed by atoms with Crippen molar-refractivity contribution < 1.29 is 9.21 Å². The zero-order chi connectivity index (χ0) is 14.7. The van der Waals surface area contributed by atoms with Crippen molar-refractivity contribution in [3.05, 3.63) is 36.1 Å². The van der Waals surface area contributed by atoms with Crippen molar-refractivity contribution in [2.45, 2.75) is 13.8 Å². The number of nitrogens with zero attached hydrogens (tertiary/aromatic N) is 1. The summed E-state index contributed by atoms with van der Waals surface area (Å²) in [5.41, 5.74) is 6.92. The van der Waals surface area contributed by atoms with E-state index in [4.69, 9.17) is 22.4 Å². The molecule has 0 saturated carbocycles. The van der Waals surface area contributed by atoms with Gasteiger partial charge in [-0.15, -0.1) is 0 Å². The number of benzene rings is 1. The van der Waals surface area contributed by atoms with Crippen LogP contribution >= 0.6 is 12.2 Å². The molecule has 0 aliphatic heterocycles. The molecular weight excluding hydrogens is 272 g/mol.